The lowest BCUT2D eigenvalue weighted by molar-refractivity contribution is 0.543. The number of hydrogen-bond donors (Lipinski definition) is 1. The van der Waals surface area contributed by atoms with Gasteiger partial charge < -0.3 is 5.32 Å². The van der Waals surface area contributed by atoms with Gasteiger partial charge in [-0.05, 0) is 24.1 Å². The Morgan fingerprint density at radius 1 is 1.05 bits per heavy atom. The van der Waals surface area contributed by atoms with Gasteiger partial charge in [0.1, 0.15) is 11.5 Å². The minimum atomic E-state index is -0.949. The molecular weight excluding hydrogens is 287 g/mol. The van der Waals surface area contributed by atoms with Crippen LogP contribution in [0.2, 0.25) is 5.02 Å². The van der Waals surface area contributed by atoms with Crippen molar-refractivity contribution in [2.45, 2.75) is 19.4 Å². The lowest BCUT2D eigenvalue weighted by Crippen LogP contribution is -2.12. The highest BCUT2D eigenvalue weighted by Crippen LogP contribution is 2.28. The number of halogens is 4. The standard InChI is InChI=1S/C15H13ClF3N/c1-2-14(9-3-5-10(16)6-4-9)20-15-12(18)7-11(17)8-13(15)19/h3-8,14,20H,2H2,1H3. The van der Waals surface area contributed by atoms with Crippen LogP contribution in [-0.2, 0) is 0 Å². The van der Waals surface area contributed by atoms with Crippen LogP contribution in [0.3, 0.4) is 0 Å². The summed E-state index contributed by atoms with van der Waals surface area (Å²) in [4.78, 5) is 0. The summed E-state index contributed by atoms with van der Waals surface area (Å²) in [6, 6.07) is 7.99. The Morgan fingerprint density at radius 3 is 2.10 bits per heavy atom. The maximum absolute atomic E-state index is 13.6. The minimum absolute atomic E-state index is 0.290. The number of benzene rings is 2. The summed E-state index contributed by atoms with van der Waals surface area (Å²) in [6.45, 7) is 1.88. The van der Waals surface area contributed by atoms with Crippen molar-refractivity contribution < 1.29 is 13.2 Å². The highest BCUT2D eigenvalue weighted by molar-refractivity contribution is 6.30. The van der Waals surface area contributed by atoms with Crippen molar-refractivity contribution in [2.75, 3.05) is 5.32 Å². The van der Waals surface area contributed by atoms with Gasteiger partial charge in [-0.25, -0.2) is 13.2 Å². The van der Waals surface area contributed by atoms with Crippen LogP contribution in [0.5, 0.6) is 0 Å². The molecule has 2 aromatic carbocycles. The van der Waals surface area contributed by atoms with Crippen LogP contribution in [0.15, 0.2) is 36.4 Å². The Morgan fingerprint density at radius 2 is 1.60 bits per heavy atom. The Hall–Kier alpha value is -1.68. The zero-order valence-corrected chi connectivity index (χ0v) is 11.5. The summed E-state index contributed by atoms with van der Waals surface area (Å²) in [7, 11) is 0. The predicted molar refractivity (Wildman–Crippen MR) is 74.4 cm³/mol. The Kier molecular flexibility index (Phi) is 4.55. The third-order valence-corrected chi connectivity index (χ3v) is 3.26. The van der Waals surface area contributed by atoms with Gasteiger partial charge in [0.15, 0.2) is 11.6 Å². The van der Waals surface area contributed by atoms with Gasteiger partial charge in [0.25, 0.3) is 0 Å². The molecule has 0 bridgehead atoms. The van der Waals surface area contributed by atoms with E-state index in [4.69, 9.17) is 11.6 Å². The Labute approximate surface area is 120 Å². The van der Waals surface area contributed by atoms with E-state index in [2.05, 4.69) is 5.32 Å². The third kappa shape index (κ3) is 3.25. The summed E-state index contributed by atoms with van der Waals surface area (Å²) >= 11 is 5.81. The van der Waals surface area contributed by atoms with Gasteiger partial charge >= 0.3 is 0 Å². The first kappa shape index (κ1) is 14.7. The number of anilines is 1. The van der Waals surface area contributed by atoms with E-state index in [0.717, 1.165) is 5.56 Å². The molecule has 2 aromatic rings. The van der Waals surface area contributed by atoms with E-state index < -0.39 is 17.5 Å². The Balaban J connectivity index is 2.29. The second-order valence-electron chi connectivity index (χ2n) is 4.40. The zero-order chi connectivity index (χ0) is 14.7. The van der Waals surface area contributed by atoms with Crippen molar-refractivity contribution in [1.29, 1.82) is 0 Å². The highest BCUT2D eigenvalue weighted by atomic mass is 35.5. The summed E-state index contributed by atoms with van der Waals surface area (Å²) in [5.74, 6) is -2.84. The van der Waals surface area contributed by atoms with Crippen LogP contribution < -0.4 is 5.32 Å². The van der Waals surface area contributed by atoms with E-state index in [9.17, 15) is 13.2 Å². The number of hydrogen-bond acceptors (Lipinski definition) is 1. The summed E-state index contributed by atoms with van der Waals surface area (Å²) < 4.78 is 40.1. The van der Waals surface area contributed by atoms with E-state index in [0.29, 0.717) is 23.6 Å². The van der Waals surface area contributed by atoms with E-state index in [-0.39, 0.29) is 11.7 Å². The molecule has 0 heterocycles. The SMILES string of the molecule is CCC(Nc1c(F)cc(F)cc1F)c1ccc(Cl)cc1. The minimum Gasteiger partial charge on any atom is -0.373 e. The summed E-state index contributed by atoms with van der Waals surface area (Å²) in [5.41, 5.74) is 0.522. The molecule has 5 heteroatoms. The lowest BCUT2D eigenvalue weighted by atomic mass is 10.0. The molecule has 1 unspecified atom stereocenters. The molecule has 0 aliphatic rings. The zero-order valence-electron chi connectivity index (χ0n) is 10.8. The molecule has 0 spiro atoms. The van der Waals surface area contributed by atoms with Crippen LogP contribution in [0.1, 0.15) is 24.9 Å². The fourth-order valence-corrected chi connectivity index (χ4v) is 2.10. The topological polar surface area (TPSA) is 12.0 Å². The van der Waals surface area contributed by atoms with E-state index >= 15 is 0 Å². The van der Waals surface area contributed by atoms with Crippen LogP contribution in [0, 0.1) is 17.5 Å². The Bertz CT molecular complexity index is 576. The number of rotatable bonds is 4. The molecule has 0 saturated carbocycles. The van der Waals surface area contributed by atoms with Crippen molar-refractivity contribution in [2.24, 2.45) is 0 Å². The van der Waals surface area contributed by atoms with Crippen LogP contribution in [0.25, 0.3) is 0 Å². The predicted octanol–water partition coefficient (Wildman–Crippen LogP) is 5.32. The molecule has 106 valence electrons. The van der Waals surface area contributed by atoms with E-state index in [1.54, 1.807) is 24.3 Å². The molecule has 0 aromatic heterocycles. The largest absolute Gasteiger partial charge is 0.373 e. The molecule has 0 amide bonds. The van der Waals surface area contributed by atoms with Gasteiger partial charge in [-0.1, -0.05) is 30.7 Å². The van der Waals surface area contributed by atoms with Gasteiger partial charge in [0, 0.05) is 17.2 Å². The van der Waals surface area contributed by atoms with Crippen molar-refractivity contribution in [3.8, 4) is 0 Å². The van der Waals surface area contributed by atoms with Gasteiger partial charge in [-0.15, -0.1) is 0 Å². The first-order valence-corrected chi connectivity index (χ1v) is 6.55. The maximum Gasteiger partial charge on any atom is 0.152 e. The molecule has 0 saturated heterocycles. The second kappa shape index (κ2) is 6.18. The first-order chi connectivity index (χ1) is 9.51. The van der Waals surface area contributed by atoms with Gasteiger partial charge in [0.05, 0.1) is 6.04 Å². The average Bonchev–Trinajstić information content (AvgIpc) is 2.39. The molecule has 0 fully saturated rings. The van der Waals surface area contributed by atoms with Crippen LogP contribution in [0.4, 0.5) is 18.9 Å². The van der Waals surface area contributed by atoms with Crippen molar-refractivity contribution in [3.63, 3.8) is 0 Å². The monoisotopic (exact) mass is 299 g/mol. The molecular formula is C15H13ClF3N. The third-order valence-electron chi connectivity index (χ3n) is 3.01. The smallest absolute Gasteiger partial charge is 0.152 e. The maximum atomic E-state index is 13.6. The van der Waals surface area contributed by atoms with Crippen molar-refractivity contribution >= 4 is 17.3 Å². The normalized spacial score (nSPS) is 12.2. The second-order valence-corrected chi connectivity index (χ2v) is 4.84. The van der Waals surface area contributed by atoms with Crippen LogP contribution >= 0.6 is 11.6 Å². The molecule has 2 rings (SSSR count). The lowest BCUT2D eigenvalue weighted by Gasteiger charge is -2.19. The molecule has 0 aliphatic heterocycles. The quantitative estimate of drug-likeness (QED) is 0.805. The first-order valence-electron chi connectivity index (χ1n) is 6.17. The molecule has 0 radical (unpaired) electrons. The molecule has 20 heavy (non-hydrogen) atoms. The summed E-state index contributed by atoms with van der Waals surface area (Å²) in [5, 5.41) is 3.35. The molecule has 1 nitrogen and oxygen atoms in total. The molecule has 0 aliphatic carbocycles. The van der Waals surface area contributed by atoms with Crippen molar-refractivity contribution in [3.05, 3.63) is 64.4 Å². The van der Waals surface area contributed by atoms with E-state index in [1.807, 2.05) is 6.92 Å². The van der Waals surface area contributed by atoms with Gasteiger partial charge in [0.2, 0.25) is 0 Å². The van der Waals surface area contributed by atoms with Gasteiger partial charge in [-0.2, -0.15) is 0 Å². The molecule has 1 atom stereocenters. The number of nitrogens with one attached hydrogen (secondary N) is 1. The van der Waals surface area contributed by atoms with E-state index in [1.165, 1.54) is 0 Å². The van der Waals surface area contributed by atoms with Crippen LogP contribution in [-0.4, -0.2) is 0 Å². The summed E-state index contributed by atoms with van der Waals surface area (Å²) in [6.07, 6.45) is 0.609. The van der Waals surface area contributed by atoms with Gasteiger partial charge in [-0.3, -0.25) is 0 Å². The fraction of sp³-hybridized carbons (Fsp3) is 0.200. The highest BCUT2D eigenvalue weighted by Gasteiger charge is 2.16. The fourth-order valence-electron chi connectivity index (χ4n) is 1.97. The average molecular weight is 300 g/mol. The molecule has 1 N–H and O–H groups in total. The van der Waals surface area contributed by atoms with Crippen molar-refractivity contribution in [1.82, 2.24) is 0 Å².